The zero-order chi connectivity index (χ0) is 10.1. The first-order valence-electron chi connectivity index (χ1n) is 3.01. The number of hydrogen-bond donors (Lipinski definition) is 1. The van der Waals surface area contributed by atoms with Crippen molar-refractivity contribution >= 4 is 5.97 Å². The van der Waals surface area contributed by atoms with Crippen molar-refractivity contribution in [1.82, 2.24) is 10.1 Å². The van der Waals surface area contributed by atoms with Gasteiger partial charge >= 0.3 is 18.0 Å². The van der Waals surface area contributed by atoms with Gasteiger partial charge in [-0.05, 0) is 0 Å². The second-order valence-electron chi connectivity index (χ2n) is 2.08. The summed E-state index contributed by atoms with van der Waals surface area (Å²) in [6.45, 7) is 0. The Hall–Kier alpha value is -1.60. The highest BCUT2D eigenvalue weighted by Crippen LogP contribution is 2.27. The molecule has 0 saturated carbocycles. The number of aliphatic carboxylic acids is 1. The lowest BCUT2D eigenvalue weighted by Crippen LogP contribution is -2.06. The number of aromatic nitrogens is 2. The third-order valence-corrected chi connectivity index (χ3v) is 1.02. The molecule has 13 heavy (non-hydrogen) atoms. The SMILES string of the molecule is O=C(O)Cc1noc(C(F)(F)F)n1. The summed E-state index contributed by atoms with van der Waals surface area (Å²) in [5.41, 5.74) is 0. The van der Waals surface area contributed by atoms with E-state index in [1.165, 1.54) is 0 Å². The fourth-order valence-corrected chi connectivity index (χ4v) is 0.576. The predicted octanol–water partition coefficient (Wildman–Crippen LogP) is 0.716. The van der Waals surface area contributed by atoms with Crippen LogP contribution in [0.3, 0.4) is 0 Å². The Bertz CT molecular complexity index is 319. The van der Waals surface area contributed by atoms with E-state index in [0.717, 1.165) is 0 Å². The fourth-order valence-electron chi connectivity index (χ4n) is 0.576. The molecule has 0 unspecified atom stereocenters. The molecular weight excluding hydrogens is 193 g/mol. The van der Waals surface area contributed by atoms with Gasteiger partial charge in [0.15, 0.2) is 5.82 Å². The van der Waals surface area contributed by atoms with E-state index in [0.29, 0.717) is 0 Å². The van der Waals surface area contributed by atoms with Gasteiger partial charge < -0.3 is 9.63 Å². The minimum Gasteiger partial charge on any atom is -0.481 e. The average molecular weight is 196 g/mol. The maximum atomic E-state index is 11.8. The molecule has 0 atom stereocenters. The second kappa shape index (κ2) is 3.04. The van der Waals surface area contributed by atoms with Crippen LogP contribution in [0.2, 0.25) is 0 Å². The van der Waals surface area contributed by atoms with Crippen molar-refractivity contribution < 1.29 is 27.6 Å². The number of hydrogen-bond acceptors (Lipinski definition) is 4. The number of alkyl halides is 3. The molecule has 0 saturated heterocycles. The molecule has 1 heterocycles. The average Bonchev–Trinajstić information content (AvgIpc) is 2.32. The number of rotatable bonds is 2. The summed E-state index contributed by atoms with van der Waals surface area (Å²) in [6, 6.07) is 0. The van der Waals surface area contributed by atoms with Crippen LogP contribution in [-0.2, 0) is 17.4 Å². The molecule has 1 rings (SSSR count). The standard InChI is InChI=1S/C5H3F3N2O3/c6-5(7,8)4-9-2(10-13-4)1-3(11)12/h1H2,(H,11,12). The molecule has 1 aromatic heterocycles. The van der Waals surface area contributed by atoms with Gasteiger partial charge in [-0.15, -0.1) is 0 Å². The van der Waals surface area contributed by atoms with Crippen LogP contribution in [0.1, 0.15) is 11.7 Å². The van der Waals surface area contributed by atoms with Crippen LogP contribution < -0.4 is 0 Å². The third kappa shape index (κ3) is 2.42. The van der Waals surface area contributed by atoms with Gasteiger partial charge in [0.05, 0.1) is 0 Å². The minimum atomic E-state index is -4.73. The smallest absolute Gasteiger partial charge is 0.471 e. The molecule has 8 heteroatoms. The van der Waals surface area contributed by atoms with Gasteiger partial charge in [0.25, 0.3) is 0 Å². The lowest BCUT2D eigenvalue weighted by Gasteiger charge is -1.95. The van der Waals surface area contributed by atoms with Gasteiger partial charge in [0.1, 0.15) is 6.42 Å². The van der Waals surface area contributed by atoms with Crippen molar-refractivity contribution in [2.75, 3.05) is 0 Å². The van der Waals surface area contributed by atoms with Crippen molar-refractivity contribution in [2.24, 2.45) is 0 Å². The third-order valence-electron chi connectivity index (χ3n) is 1.02. The van der Waals surface area contributed by atoms with Crippen LogP contribution in [0.25, 0.3) is 0 Å². The summed E-state index contributed by atoms with van der Waals surface area (Å²) in [7, 11) is 0. The molecule has 0 spiro atoms. The van der Waals surface area contributed by atoms with Crippen molar-refractivity contribution in [1.29, 1.82) is 0 Å². The van der Waals surface area contributed by atoms with Crippen LogP contribution in [0.15, 0.2) is 4.52 Å². The molecule has 0 radical (unpaired) electrons. The van der Waals surface area contributed by atoms with Crippen molar-refractivity contribution in [3.63, 3.8) is 0 Å². The van der Waals surface area contributed by atoms with Crippen LogP contribution in [0.4, 0.5) is 13.2 Å². The first-order chi connectivity index (χ1) is 5.89. The second-order valence-corrected chi connectivity index (χ2v) is 2.08. The predicted molar refractivity (Wildman–Crippen MR) is 30.6 cm³/mol. The Morgan fingerprint density at radius 1 is 1.54 bits per heavy atom. The molecule has 1 N–H and O–H groups in total. The Kier molecular flexibility index (Phi) is 2.22. The molecule has 0 amide bonds. The molecular formula is C5H3F3N2O3. The van der Waals surface area contributed by atoms with Gasteiger partial charge in [-0.3, -0.25) is 4.79 Å². The monoisotopic (exact) mass is 196 g/mol. The van der Waals surface area contributed by atoms with E-state index in [2.05, 4.69) is 14.7 Å². The lowest BCUT2D eigenvalue weighted by atomic mass is 10.4. The fraction of sp³-hybridized carbons (Fsp3) is 0.400. The molecule has 0 aliphatic carbocycles. The normalized spacial score (nSPS) is 11.6. The highest BCUT2D eigenvalue weighted by molar-refractivity contribution is 5.68. The number of halogens is 3. The summed E-state index contributed by atoms with van der Waals surface area (Å²) in [4.78, 5) is 12.9. The number of carboxylic acid groups (broad SMARTS) is 1. The summed E-state index contributed by atoms with van der Waals surface area (Å²) in [6.07, 6.45) is -5.43. The molecule has 0 aliphatic heterocycles. The van der Waals surface area contributed by atoms with Crippen LogP contribution >= 0.6 is 0 Å². The zero-order valence-corrected chi connectivity index (χ0v) is 6.00. The highest BCUT2D eigenvalue weighted by atomic mass is 19.4. The van der Waals surface area contributed by atoms with E-state index in [-0.39, 0.29) is 0 Å². The molecule has 0 aromatic carbocycles. The maximum Gasteiger partial charge on any atom is 0.471 e. The van der Waals surface area contributed by atoms with E-state index < -0.39 is 30.3 Å². The Morgan fingerprint density at radius 2 is 2.15 bits per heavy atom. The highest BCUT2D eigenvalue weighted by Gasteiger charge is 2.38. The molecule has 72 valence electrons. The zero-order valence-electron chi connectivity index (χ0n) is 6.00. The van der Waals surface area contributed by atoms with Gasteiger partial charge in [-0.25, -0.2) is 0 Å². The van der Waals surface area contributed by atoms with E-state index in [4.69, 9.17) is 5.11 Å². The molecule has 1 aromatic rings. The lowest BCUT2D eigenvalue weighted by molar-refractivity contribution is -0.159. The maximum absolute atomic E-state index is 11.8. The van der Waals surface area contributed by atoms with Gasteiger partial charge in [-0.1, -0.05) is 5.16 Å². The van der Waals surface area contributed by atoms with Crippen LogP contribution in [-0.4, -0.2) is 21.2 Å². The van der Waals surface area contributed by atoms with Crippen molar-refractivity contribution in [3.05, 3.63) is 11.7 Å². The van der Waals surface area contributed by atoms with Crippen molar-refractivity contribution in [3.8, 4) is 0 Å². The Morgan fingerprint density at radius 3 is 2.54 bits per heavy atom. The minimum absolute atomic E-state index is 0.500. The van der Waals surface area contributed by atoms with E-state index >= 15 is 0 Å². The Balaban J connectivity index is 2.81. The van der Waals surface area contributed by atoms with Crippen molar-refractivity contribution in [2.45, 2.75) is 12.6 Å². The van der Waals surface area contributed by atoms with E-state index in [9.17, 15) is 18.0 Å². The quantitative estimate of drug-likeness (QED) is 0.753. The number of carbonyl (C=O) groups is 1. The van der Waals surface area contributed by atoms with Crippen LogP contribution in [0.5, 0.6) is 0 Å². The van der Waals surface area contributed by atoms with E-state index in [1.54, 1.807) is 0 Å². The van der Waals surface area contributed by atoms with Crippen LogP contribution in [0, 0.1) is 0 Å². The van der Waals surface area contributed by atoms with Gasteiger partial charge in [-0.2, -0.15) is 18.2 Å². The first kappa shape index (κ1) is 9.49. The molecule has 0 fully saturated rings. The Labute approximate surface area is 69.2 Å². The molecule has 0 bridgehead atoms. The number of carboxylic acids is 1. The largest absolute Gasteiger partial charge is 0.481 e. The summed E-state index contributed by atoms with van der Waals surface area (Å²) in [5, 5.41) is 11.0. The summed E-state index contributed by atoms with van der Waals surface area (Å²) >= 11 is 0. The van der Waals surface area contributed by atoms with Gasteiger partial charge in [0.2, 0.25) is 0 Å². The topological polar surface area (TPSA) is 76.2 Å². The first-order valence-corrected chi connectivity index (χ1v) is 3.01. The summed E-state index contributed by atoms with van der Waals surface area (Å²) < 4.78 is 39.2. The molecule has 5 nitrogen and oxygen atoms in total. The van der Waals surface area contributed by atoms with E-state index in [1.807, 2.05) is 0 Å². The molecule has 0 aliphatic rings. The summed E-state index contributed by atoms with van der Waals surface area (Å²) in [5.74, 6) is -3.36. The number of nitrogens with zero attached hydrogens (tertiary/aromatic N) is 2. The van der Waals surface area contributed by atoms with Gasteiger partial charge in [0, 0.05) is 0 Å².